The molecule has 0 bridgehead atoms. The van der Waals surface area contributed by atoms with Crippen LogP contribution in [0.4, 0.5) is 19.0 Å². The number of methoxy groups -OCH3 is 1. The zero-order chi connectivity index (χ0) is 28.7. The van der Waals surface area contributed by atoms with Crippen molar-refractivity contribution in [1.82, 2.24) is 24.4 Å². The molecule has 0 radical (unpaired) electrons. The van der Waals surface area contributed by atoms with Crippen LogP contribution < -0.4 is 15.4 Å². The lowest BCUT2D eigenvalue weighted by Crippen LogP contribution is -2.63. The lowest BCUT2D eigenvalue weighted by atomic mass is 9.81. The summed E-state index contributed by atoms with van der Waals surface area (Å²) >= 11 is 0. The van der Waals surface area contributed by atoms with Crippen LogP contribution in [0.2, 0.25) is 0 Å². The Morgan fingerprint density at radius 1 is 1.12 bits per heavy atom. The Bertz CT molecular complexity index is 1480. The molecule has 10 nitrogen and oxygen atoms in total. The summed E-state index contributed by atoms with van der Waals surface area (Å²) in [5.74, 6) is 0.621. The van der Waals surface area contributed by atoms with E-state index in [1.165, 1.54) is 5.56 Å². The number of amides is 1. The van der Waals surface area contributed by atoms with Crippen molar-refractivity contribution in [3.8, 4) is 5.88 Å². The van der Waals surface area contributed by atoms with Gasteiger partial charge in [-0.15, -0.1) is 5.10 Å². The third kappa shape index (κ3) is 6.02. The van der Waals surface area contributed by atoms with Crippen LogP contribution in [0.3, 0.4) is 0 Å². The van der Waals surface area contributed by atoms with E-state index in [0.29, 0.717) is 21.9 Å². The third-order valence-corrected chi connectivity index (χ3v) is 8.54. The summed E-state index contributed by atoms with van der Waals surface area (Å²) in [4.78, 5) is 19.2. The number of carbonyl (C=O) groups is 1. The van der Waals surface area contributed by atoms with Crippen LogP contribution in [-0.4, -0.2) is 78.5 Å². The van der Waals surface area contributed by atoms with Gasteiger partial charge in [0.15, 0.2) is 5.82 Å². The number of alkyl halides is 3. The summed E-state index contributed by atoms with van der Waals surface area (Å²) < 4.78 is 69.7. The van der Waals surface area contributed by atoms with Gasteiger partial charge in [-0.3, -0.25) is 9.69 Å². The molecular weight excluding hydrogens is 549 g/mol. The number of rotatable bonds is 8. The summed E-state index contributed by atoms with van der Waals surface area (Å²) in [5, 5.41) is 9.53. The second-order valence-electron chi connectivity index (χ2n) is 10.4. The Kier molecular flexibility index (Phi) is 7.66. The van der Waals surface area contributed by atoms with Crippen LogP contribution in [0.5, 0.6) is 5.88 Å². The minimum absolute atomic E-state index is 0.00832. The number of halogens is 3. The highest BCUT2D eigenvalue weighted by atomic mass is 32.2. The molecule has 14 heteroatoms. The van der Waals surface area contributed by atoms with E-state index in [1.807, 2.05) is 12.3 Å². The molecule has 5 rings (SSSR count). The second-order valence-corrected chi connectivity index (χ2v) is 12.2. The van der Waals surface area contributed by atoms with Crippen molar-refractivity contribution in [2.24, 2.45) is 0 Å². The smallest absolute Gasteiger partial charge is 0.416 e. The van der Waals surface area contributed by atoms with Gasteiger partial charge < -0.3 is 15.4 Å². The Labute approximate surface area is 229 Å². The van der Waals surface area contributed by atoms with E-state index in [9.17, 15) is 26.4 Å². The third-order valence-electron chi connectivity index (χ3n) is 7.63. The molecule has 40 heavy (non-hydrogen) atoms. The Hall–Kier alpha value is -3.39. The highest BCUT2D eigenvalue weighted by Crippen LogP contribution is 2.36. The predicted octanol–water partition coefficient (Wildman–Crippen LogP) is 3.21. The number of fused-ring (bicyclic) bond motifs is 1. The maximum Gasteiger partial charge on any atom is 0.416 e. The van der Waals surface area contributed by atoms with Crippen molar-refractivity contribution in [2.75, 3.05) is 38.3 Å². The van der Waals surface area contributed by atoms with Gasteiger partial charge >= 0.3 is 6.18 Å². The van der Waals surface area contributed by atoms with Gasteiger partial charge in [-0.05, 0) is 55.4 Å². The maximum absolute atomic E-state index is 13.2. The fourth-order valence-electron chi connectivity index (χ4n) is 5.52. The normalized spacial score (nSPS) is 20.7. The van der Waals surface area contributed by atoms with Crippen LogP contribution in [0.1, 0.15) is 42.7 Å². The molecule has 1 amide bonds. The molecule has 1 saturated heterocycles. The maximum atomic E-state index is 13.2. The molecule has 0 unspecified atom stereocenters. The van der Waals surface area contributed by atoms with Gasteiger partial charge in [0, 0.05) is 36.8 Å². The minimum Gasteiger partial charge on any atom is -0.481 e. The molecule has 3 aromatic rings. The van der Waals surface area contributed by atoms with Crippen molar-refractivity contribution in [1.29, 1.82) is 0 Å². The summed E-state index contributed by atoms with van der Waals surface area (Å²) in [5.41, 5.74) is 0.278. The number of nitrogens with zero attached hydrogens (tertiary/aromatic N) is 4. The van der Waals surface area contributed by atoms with Gasteiger partial charge in [0.05, 0.1) is 37.0 Å². The summed E-state index contributed by atoms with van der Waals surface area (Å²) in [6, 6.07) is 7.08. The first-order valence-corrected chi connectivity index (χ1v) is 14.8. The molecule has 1 aliphatic heterocycles. The van der Waals surface area contributed by atoms with Crippen molar-refractivity contribution < 1.29 is 31.1 Å². The molecule has 2 aromatic heterocycles. The van der Waals surface area contributed by atoms with Crippen molar-refractivity contribution in [3.63, 3.8) is 0 Å². The molecule has 1 aromatic carbocycles. The first kappa shape index (κ1) is 28.1. The van der Waals surface area contributed by atoms with Crippen LogP contribution in [0, 0.1) is 0 Å². The predicted molar refractivity (Wildman–Crippen MR) is 143 cm³/mol. The average Bonchev–Trinajstić information content (AvgIpc) is 3.28. The lowest BCUT2D eigenvalue weighted by Gasteiger charge is -2.46. The fraction of sp³-hybridized carbons (Fsp3) is 0.500. The molecule has 2 aliphatic rings. The number of anilines is 1. The Morgan fingerprint density at radius 3 is 2.45 bits per heavy atom. The topological polar surface area (TPSA) is 118 Å². The van der Waals surface area contributed by atoms with Gasteiger partial charge in [-0.25, -0.2) is 13.4 Å². The number of aromatic nitrogens is 3. The van der Waals surface area contributed by atoms with Crippen molar-refractivity contribution >= 4 is 32.7 Å². The summed E-state index contributed by atoms with van der Waals surface area (Å²) in [6.45, 7) is 1.20. The molecule has 3 heterocycles. The van der Waals surface area contributed by atoms with Gasteiger partial charge in [0.2, 0.25) is 11.8 Å². The standard InChI is InChI=1S/C26H31F3N6O4S/c1-39-24-10-5-17(12-30-24)16-3-7-20(8-4-16)34-14-19(15-34)32-23(36)13-31-25-21-11-18(26(27,28)29)6-9-22(21)35(33-25)40(2,37)38/h5-6,9-12,16,19-20H,3-4,7-8,13-15H2,1-2H3,(H,31,33)(H,32,36). The van der Waals surface area contributed by atoms with E-state index in [2.05, 4.69) is 31.7 Å². The zero-order valence-corrected chi connectivity index (χ0v) is 22.9. The van der Waals surface area contributed by atoms with Crippen LogP contribution in [0.15, 0.2) is 36.5 Å². The van der Waals surface area contributed by atoms with E-state index in [-0.39, 0.29) is 35.2 Å². The van der Waals surface area contributed by atoms with E-state index in [4.69, 9.17) is 4.74 Å². The SMILES string of the molecule is COc1ccc(C2CCC(N3CC(NC(=O)CNc4nn(S(C)(=O)=O)c5ccc(C(F)(F)F)cc45)C3)CC2)cn1. The number of ether oxygens (including phenoxy) is 1. The first-order chi connectivity index (χ1) is 18.9. The van der Waals surface area contributed by atoms with Crippen molar-refractivity contribution in [3.05, 3.63) is 47.7 Å². The molecule has 1 aliphatic carbocycles. The van der Waals surface area contributed by atoms with E-state index in [0.717, 1.165) is 63.2 Å². The quantitative estimate of drug-likeness (QED) is 0.417. The Balaban J connectivity index is 1.12. The van der Waals surface area contributed by atoms with E-state index < -0.39 is 21.8 Å². The summed E-state index contributed by atoms with van der Waals surface area (Å²) in [7, 11) is -2.28. The number of likely N-dealkylation sites (tertiary alicyclic amines) is 1. The van der Waals surface area contributed by atoms with Crippen LogP contribution in [-0.2, 0) is 21.0 Å². The largest absolute Gasteiger partial charge is 0.481 e. The number of benzene rings is 1. The number of hydrogen-bond donors (Lipinski definition) is 2. The molecule has 2 fully saturated rings. The molecule has 2 N–H and O–H groups in total. The highest BCUT2D eigenvalue weighted by Gasteiger charge is 2.36. The first-order valence-electron chi connectivity index (χ1n) is 13.0. The number of carbonyl (C=O) groups excluding carboxylic acids is 1. The van der Waals surface area contributed by atoms with Gasteiger partial charge in [0.1, 0.15) is 0 Å². The number of pyridine rings is 1. The molecule has 0 spiro atoms. The van der Waals surface area contributed by atoms with Gasteiger partial charge in [-0.2, -0.15) is 17.3 Å². The molecule has 216 valence electrons. The fourth-order valence-corrected chi connectivity index (χ4v) is 6.27. The summed E-state index contributed by atoms with van der Waals surface area (Å²) in [6.07, 6.45) is 2.44. The number of nitrogens with one attached hydrogen (secondary N) is 2. The molecule has 1 saturated carbocycles. The lowest BCUT2D eigenvalue weighted by molar-refractivity contribution is -0.137. The van der Waals surface area contributed by atoms with E-state index >= 15 is 0 Å². The number of hydrogen-bond acceptors (Lipinski definition) is 8. The van der Waals surface area contributed by atoms with Gasteiger partial charge in [0.25, 0.3) is 10.0 Å². The molecule has 0 atom stereocenters. The van der Waals surface area contributed by atoms with Crippen LogP contribution >= 0.6 is 0 Å². The highest BCUT2D eigenvalue weighted by molar-refractivity contribution is 7.89. The second kappa shape index (κ2) is 10.9. The average molecular weight is 581 g/mol. The van der Waals surface area contributed by atoms with Gasteiger partial charge in [-0.1, -0.05) is 6.07 Å². The zero-order valence-electron chi connectivity index (χ0n) is 22.1. The Morgan fingerprint density at radius 2 is 1.85 bits per heavy atom. The monoisotopic (exact) mass is 580 g/mol. The van der Waals surface area contributed by atoms with E-state index in [1.54, 1.807) is 7.11 Å². The van der Waals surface area contributed by atoms with Crippen LogP contribution in [0.25, 0.3) is 10.9 Å². The minimum atomic E-state index is -4.61. The van der Waals surface area contributed by atoms with Crippen molar-refractivity contribution in [2.45, 2.75) is 49.9 Å². The molecular formula is C26H31F3N6O4S.